The number of aromatic amines is 1. The van der Waals surface area contributed by atoms with Crippen LogP contribution in [0.3, 0.4) is 0 Å². The standard InChI is InChI=1S/C17H18N4O2/c1-3-12-10(2)20-21(15(12)23-16(22)11-8-9-11)17-18-13-6-4-5-7-14(13)19-17/h4-7,11H,3,8-9H2,1-2H3,(H,18,19). The summed E-state index contributed by atoms with van der Waals surface area (Å²) in [5, 5.41) is 4.53. The Morgan fingerprint density at radius 2 is 2.17 bits per heavy atom. The van der Waals surface area contributed by atoms with E-state index in [9.17, 15) is 4.79 Å². The summed E-state index contributed by atoms with van der Waals surface area (Å²) in [5.41, 5.74) is 3.58. The number of esters is 1. The molecule has 0 bridgehead atoms. The number of hydrogen-bond donors (Lipinski definition) is 1. The summed E-state index contributed by atoms with van der Waals surface area (Å²) >= 11 is 0. The van der Waals surface area contributed by atoms with Crippen LogP contribution in [0.25, 0.3) is 17.0 Å². The summed E-state index contributed by atoms with van der Waals surface area (Å²) in [7, 11) is 0. The van der Waals surface area contributed by atoms with Gasteiger partial charge in [0.05, 0.1) is 22.6 Å². The van der Waals surface area contributed by atoms with Crippen LogP contribution in [0.15, 0.2) is 24.3 Å². The Balaban J connectivity index is 1.81. The molecule has 118 valence electrons. The minimum absolute atomic E-state index is 0.0408. The van der Waals surface area contributed by atoms with Crippen LogP contribution in [0, 0.1) is 12.8 Å². The molecule has 23 heavy (non-hydrogen) atoms. The van der Waals surface area contributed by atoms with E-state index in [0.717, 1.165) is 41.6 Å². The van der Waals surface area contributed by atoms with Gasteiger partial charge in [-0.05, 0) is 38.3 Å². The summed E-state index contributed by atoms with van der Waals surface area (Å²) in [5.74, 6) is 0.921. The van der Waals surface area contributed by atoms with Gasteiger partial charge in [-0.25, -0.2) is 4.98 Å². The zero-order chi connectivity index (χ0) is 16.0. The Bertz CT molecular complexity index is 856. The number of rotatable bonds is 4. The summed E-state index contributed by atoms with van der Waals surface area (Å²) in [4.78, 5) is 19.9. The van der Waals surface area contributed by atoms with E-state index in [1.54, 1.807) is 4.68 Å². The number of hydrogen-bond acceptors (Lipinski definition) is 4. The Kier molecular flexibility index (Phi) is 3.18. The second-order valence-corrected chi connectivity index (χ2v) is 5.91. The number of nitrogens with zero attached hydrogens (tertiary/aromatic N) is 3. The first-order valence-corrected chi connectivity index (χ1v) is 7.92. The van der Waals surface area contributed by atoms with Crippen molar-refractivity contribution in [1.82, 2.24) is 19.7 Å². The minimum atomic E-state index is -0.169. The fourth-order valence-electron chi connectivity index (χ4n) is 2.73. The smallest absolute Gasteiger partial charge is 0.315 e. The molecule has 0 atom stereocenters. The maximum atomic E-state index is 12.1. The highest BCUT2D eigenvalue weighted by atomic mass is 16.5. The second kappa shape index (κ2) is 5.22. The zero-order valence-electron chi connectivity index (χ0n) is 13.2. The summed E-state index contributed by atoms with van der Waals surface area (Å²) in [6.07, 6.45) is 2.58. The summed E-state index contributed by atoms with van der Waals surface area (Å²) in [6.45, 7) is 3.95. The molecule has 6 heteroatoms. The molecule has 3 aromatic rings. The molecule has 1 aliphatic rings. The van der Waals surface area contributed by atoms with Gasteiger partial charge in [0.2, 0.25) is 11.8 Å². The Morgan fingerprint density at radius 3 is 2.87 bits per heavy atom. The normalized spacial score (nSPS) is 14.3. The average molecular weight is 310 g/mol. The lowest BCUT2D eigenvalue weighted by Gasteiger charge is -2.07. The monoisotopic (exact) mass is 310 g/mol. The number of carbonyl (C=O) groups is 1. The van der Waals surface area contributed by atoms with Gasteiger partial charge < -0.3 is 9.72 Å². The number of carbonyl (C=O) groups excluding carboxylic acids is 1. The molecule has 1 aromatic carbocycles. The van der Waals surface area contributed by atoms with Gasteiger partial charge in [0.25, 0.3) is 0 Å². The van der Waals surface area contributed by atoms with E-state index in [4.69, 9.17) is 4.74 Å². The van der Waals surface area contributed by atoms with Crippen molar-refractivity contribution < 1.29 is 9.53 Å². The zero-order valence-corrected chi connectivity index (χ0v) is 13.2. The second-order valence-electron chi connectivity index (χ2n) is 5.91. The van der Waals surface area contributed by atoms with E-state index < -0.39 is 0 Å². The predicted octanol–water partition coefficient (Wildman–Crippen LogP) is 2.93. The molecule has 0 saturated heterocycles. The molecule has 0 radical (unpaired) electrons. The molecule has 0 spiro atoms. The van der Waals surface area contributed by atoms with E-state index in [0.29, 0.717) is 11.8 Å². The van der Waals surface area contributed by atoms with Crippen molar-refractivity contribution in [3.8, 4) is 11.8 Å². The van der Waals surface area contributed by atoms with Crippen molar-refractivity contribution in [2.75, 3.05) is 0 Å². The van der Waals surface area contributed by atoms with Crippen LogP contribution in [0.5, 0.6) is 5.88 Å². The van der Waals surface area contributed by atoms with Crippen molar-refractivity contribution in [2.45, 2.75) is 33.1 Å². The molecule has 0 aliphatic heterocycles. The number of ether oxygens (including phenoxy) is 1. The molecule has 0 amide bonds. The molecule has 1 fully saturated rings. The number of nitrogens with one attached hydrogen (secondary N) is 1. The van der Waals surface area contributed by atoms with E-state index in [-0.39, 0.29) is 11.9 Å². The van der Waals surface area contributed by atoms with Crippen molar-refractivity contribution >= 4 is 17.0 Å². The Hall–Kier alpha value is -2.63. The van der Waals surface area contributed by atoms with Crippen LogP contribution in [-0.4, -0.2) is 25.7 Å². The predicted molar refractivity (Wildman–Crippen MR) is 85.7 cm³/mol. The molecule has 1 N–H and O–H groups in total. The third-order valence-corrected chi connectivity index (χ3v) is 4.18. The van der Waals surface area contributed by atoms with Gasteiger partial charge in [0, 0.05) is 5.56 Å². The topological polar surface area (TPSA) is 72.8 Å². The Morgan fingerprint density at radius 1 is 1.39 bits per heavy atom. The highest BCUT2D eigenvalue weighted by molar-refractivity contribution is 5.78. The summed E-state index contributed by atoms with van der Waals surface area (Å²) in [6, 6.07) is 7.78. The first-order valence-electron chi connectivity index (χ1n) is 7.92. The maximum Gasteiger partial charge on any atom is 0.315 e. The van der Waals surface area contributed by atoms with E-state index in [2.05, 4.69) is 15.1 Å². The maximum absolute atomic E-state index is 12.1. The number of para-hydroxylation sites is 2. The van der Waals surface area contributed by atoms with Crippen LogP contribution in [0.1, 0.15) is 31.0 Å². The number of H-pyrrole nitrogens is 1. The molecular formula is C17H18N4O2. The van der Waals surface area contributed by atoms with Gasteiger partial charge in [0.1, 0.15) is 0 Å². The highest BCUT2D eigenvalue weighted by Gasteiger charge is 2.33. The van der Waals surface area contributed by atoms with Crippen molar-refractivity contribution in [3.05, 3.63) is 35.5 Å². The van der Waals surface area contributed by atoms with Crippen LogP contribution < -0.4 is 4.74 Å². The molecule has 0 unspecified atom stereocenters. The molecule has 1 saturated carbocycles. The quantitative estimate of drug-likeness (QED) is 0.752. The third-order valence-electron chi connectivity index (χ3n) is 4.18. The molecular weight excluding hydrogens is 292 g/mol. The fraction of sp³-hybridized carbons (Fsp3) is 0.353. The number of benzene rings is 1. The molecule has 4 rings (SSSR count). The van der Waals surface area contributed by atoms with Crippen LogP contribution >= 0.6 is 0 Å². The first-order chi connectivity index (χ1) is 11.2. The van der Waals surface area contributed by atoms with Gasteiger partial charge in [-0.15, -0.1) is 0 Å². The van der Waals surface area contributed by atoms with E-state index in [1.807, 2.05) is 38.1 Å². The van der Waals surface area contributed by atoms with Gasteiger partial charge in [-0.1, -0.05) is 19.1 Å². The minimum Gasteiger partial charge on any atom is -0.407 e. The fourth-order valence-corrected chi connectivity index (χ4v) is 2.73. The average Bonchev–Trinajstić information content (AvgIpc) is 3.24. The van der Waals surface area contributed by atoms with E-state index in [1.165, 1.54) is 0 Å². The molecule has 2 aromatic heterocycles. The number of fused-ring (bicyclic) bond motifs is 1. The third kappa shape index (κ3) is 2.40. The largest absolute Gasteiger partial charge is 0.407 e. The lowest BCUT2D eigenvalue weighted by molar-refractivity contribution is -0.136. The SMILES string of the molecule is CCc1c(C)nn(-c2nc3ccccc3[nH]2)c1OC(=O)C1CC1. The van der Waals surface area contributed by atoms with Crippen LogP contribution in [-0.2, 0) is 11.2 Å². The number of aryl methyl sites for hydroxylation is 1. The highest BCUT2D eigenvalue weighted by Crippen LogP contribution is 2.33. The Labute approximate surface area is 133 Å². The number of imidazole rings is 1. The van der Waals surface area contributed by atoms with Gasteiger partial charge in [-0.2, -0.15) is 9.78 Å². The van der Waals surface area contributed by atoms with Gasteiger partial charge >= 0.3 is 5.97 Å². The van der Waals surface area contributed by atoms with Crippen LogP contribution in [0.2, 0.25) is 0 Å². The lowest BCUT2D eigenvalue weighted by Crippen LogP contribution is -2.14. The summed E-state index contributed by atoms with van der Waals surface area (Å²) < 4.78 is 7.27. The van der Waals surface area contributed by atoms with Gasteiger partial charge in [0.15, 0.2) is 0 Å². The van der Waals surface area contributed by atoms with Crippen molar-refractivity contribution in [3.63, 3.8) is 0 Å². The number of aromatic nitrogens is 4. The molecule has 1 aliphatic carbocycles. The van der Waals surface area contributed by atoms with E-state index >= 15 is 0 Å². The first kappa shape index (κ1) is 14.0. The van der Waals surface area contributed by atoms with Gasteiger partial charge in [-0.3, -0.25) is 4.79 Å². The van der Waals surface area contributed by atoms with Crippen molar-refractivity contribution in [2.24, 2.45) is 5.92 Å². The lowest BCUT2D eigenvalue weighted by atomic mass is 10.2. The molecule has 6 nitrogen and oxygen atoms in total. The molecule has 2 heterocycles. The van der Waals surface area contributed by atoms with Crippen LogP contribution in [0.4, 0.5) is 0 Å². The van der Waals surface area contributed by atoms with Crippen molar-refractivity contribution in [1.29, 1.82) is 0 Å².